The number of nitrogens with zero attached hydrogens (tertiary/aromatic N) is 1. The molecule has 0 saturated heterocycles. The van der Waals surface area contributed by atoms with Crippen molar-refractivity contribution in [1.82, 2.24) is 4.90 Å². The monoisotopic (exact) mass is 279 g/mol. The summed E-state index contributed by atoms with van der Waals surface area (Å²) in [6, 6.07) is 4.55. The lowest BCUT2D eigenvalue weighted by Gasteiger charge is -2.28. The molecular formula is C15H21NO4. The molecule has 1 aliphatic rings. The van der Waals surface area contributed by atoms with Gasteiger partial charge < -0.3 is 19.8 Å². The average molecular weight is 279 g/mol. The molecule has 0 heterocycles. The molecule has 0 aliphatic heterocycles. The molecule has 0 radical (unpaired) electrons. The van der Waals surface area contributed by atoms with Gasteiger partial charge in [-0.25, -0.2) is 0 Å². The molecule has 5 heteroatoms. The second-order valence-corrected chi connectivity index (χ2v) is 5.48. The van der Waals surface area contributed by atoms with Crippen LogP contribution in [-0.4, -0.2) is 47.3 Å². The number of carbonyl (C=O) groups excluding carboxylic acids is 1. The summed E-state index contributed by atoms with van der Waals surface area (Å²) in [7, 11) is 3.12. The van der Waals surface area contributed by atoms with Crippen molar-refractivity contribution in [3.8, 4) is 11.5 Å². The van der Waals surface area contributed by atoms with Crippen molar-refractivity contribution in [3.05, 3.63) is 23.8 Å². The SMILES string of the molecule is COc1ccc(C(=O)N(C)CC2(O)CCCC2)cc1O. The Morgan fingerprint density at radius 1 is 1.40 bits per heavy atom. The zero-order valence-corrected chi connectivity index (χ0v) is 11.9. The number of amides is 1. The lowest BCUT2D eigenvalue weighted by atomic mass is 10.0. The molecule has 2 rings (SSSR count). The Bertz CT molecular complexity index is 495. The maximum Gasteiger partial charge on any atom is 0.253 e. The van der Waals surface area contributed by atoms with Crippen molar-refractivity contribution >= 4 is 5.91 Å². The van der Waals surface area contributed by atoms with Gasteiger partial charge in [0, 0.05) is 19.2 Å². The van der Waals surface area contributed by atoms with Crippen molar-refractivity contribution in [3.63, 3.8) is 0 Å². The van der Waals surface area contributed by atoms with Crippen molar-refractivity contribution in [2.45, 2.75) is 31.3 Å². The van der Waals surface area contributed by atoms with Crippen LogP contribution in [-0.2, 0) is 0 Å². The number of rotatable bonds is 4. The van der Waals surface area contributed by atoms with E-state index in [1.54, 1.807) is 19.2 Å². The van der Waals surface area contributed by atoms with Crippen LogP contribution in [0.3, 0.4) is 0 Å². The average Bonchev–Trinajstić information content (AvgIpc) is 2.84. The first-order chi connectivity index (χ1) is 9.45. The Morgan fingerprint density at radius 2 is 2.05 bits per heavy atom. The fraction of sp³-hybridized carbons (Fsp3) is 0.533. The van der Waals surface area contributed by atoms with Crippen LogP contribution in [0.1, 0.15) is 36.0 Å². The number of likely N-dealkylation sites (N-methyl/N-ethyl adjacent to an activating group) is 1. The largest absolute Gasteiger partial charge is 0.504 e. The second kappa shape index (κ2) is 5.71. The quantitative estimate of drug-likeness (QED) is 0.881. The molecule has 1 saturated carbocycles. The molecule has 0 atom stereocenters. The molecular weight excluding hydrogens is 258 g/mol. The van der Waals surface area contributed by atoms with Gasteiger partial charge in [-0.2, -0.15) is 0 Å². The topological polar surface area (TPSA) is 70.0 Å². The summed E-state index contributed by atoms with van der Waals surface area (Å²) in [5.74, 6) is 0.0493. The molecule has 20 heavy (non-hydrogen) atoms. The summed E-state index contributed by atoms with van der Waals surface area (Å²) in [6.45, 7) is 0.318. The van der Waals surface area contributed by atoms with Gasteiger partial charge in [-0.05, 0) is 31.0 Å². The first kappa shape index (κ1) is 14.7. The summed E-state index contributed by atoms with van der Waals surface area (Å²) in [6.07, 6.45) is 3.47. The third kappa shape index (κ3) is 3.04. The first-order valence-electron chi connectivity index (χ1n) is 6.80. The maximum atomic E-state index is 12.3. The summed E-state index contributed by atoms with van der Waals surface area (Å²) in [5, 5.41) is 20.0. The van der Waals surface area contributed by atoms with Crippen LogP contribution >= 0.6 is 0 Å². The molecule has 1 aromatic rings. The predicted octanol–water partition coefficient (Wildman–Crippen LogP) is 1.78. The Hall–Kier alpha value is -1.75. The minimum Gasteiger partial charge on any atom is -0.504 e. The molecule has 0 aromatic heterocycles. The predicted molar refractivity (Wildman–Crippen MR) is 75.0 cm³/mol. The minimum absolute atomic E-state index is 0.0636. The normalized spacial score (nSPS) is 16.9. The van der Waals surface area contributed by atoms with E-state index in [1.807, 2.05) is 0 Å². The van der Waals surface area contributed by atoms with Crippen LogP contribution in [0.15, 0.2) is 18.2 Å². The molecule has 5 nitrogen and oxygen atoms in total. The van der Waals surface area contributed by atoms with E-state index in [9.17, 15) is 15.0 Å². The number of phenolic OH excluding ortho intramolecular Hbond substituents is 1. The van der Waals surface area contributed by atoms with E-state index < -0.39 is 5.60 Å². The highest BCUT2D eigenvalue weighted by atomic mass is 16.5. The maximum absolute atomic E-state index is 12.3. The van der Waals surface area contributed by atoms with E-state index in [4.69, 9.17) is 4.74 Å². The van der Waals surface area contributed by atoms with Gasteiger partial charge in [0.1, 0.15) is 0 Å². The lowest BCUT2D eigenvalue weighted by molar-refractivity contribution is 0.0156. The number of aliphatic hydroxyl groups is 1. The Morgan fingerprint density at radius 3 is 2.60 bits per heavy atom. The number of phenols is 1. The zero-order valence-electron chi connectivity index (χ0n) is 11.9. The Balaban J connectivity index is 2.08. The van der Waals surface area contributed by atoms with Gasteiger partial charge in [-0.15, -0.1) is 0 Å². The number of benzene rings is 1. The van der Waals surface area contributed by atoms with E-state index in [-0.39, 0.29) is 11.7 Å². The van der Waals surface area contributed by atoms with E-state index >= 15 is 0 Å². The lowest BCUT2D eigenvalue weighted by Crippen LogP contribution is -2.42. The Labute approximate surface area is 118 Å². The van der Waals surface area contributed by atoms with Gasteiger partial charge >= 0.3 is 0 Å². The fourth-order valence-electron chi connectivity index (χ4n) is 2.75. The van der Waals surface area contributed by atoms with E-state index in [0.717, 1.165) is 25.7 Å². The first-order valence-corrected chi connectivity index (χ1v) is 6.80. The molecule has 1 aliphatic carbocycles. The van der Waals surface area contributed by atoms with Gasteiger partial charge in [-0.3, -0.25) is 4.79 Å². The van der Waals surface area contributed by atoms with Crippen molar-refractivity contribution < 1.29 is 19.7 Å². The van der Waals surface area contributed by atoms with Gasteiger partial charge in [0.05, 0.1) is 12.7 Å². The summed E-state index contributed by atoms with van der Waals surface area (Å²) in [5.41, 5.74) is -0.383. The number of carbonyl (C=O) groups is 1. The minimum atomic E-state index is -0.765. The number of hydrogen-bond acceptors (Lipinski definition) is 4. The molecule has 0 bridgehead atoms. The van der Waals surface area contributed by atoms with Gasteiger partial charge in [0.25, 0.3) is 5.91 Å². The molecule has 110 valence electrons. The highest BCUT2D eigenvalue weighted by Gasteiger charge is 2.33. The highest BCUT2D eigenvalue weighted by molar-refractivity contribution is 5.94. The third-order valence-electron chi connectivity index (χ3n) is 3.84. The molecule has 0 unspecified atom stereocenters. The molecule has 2 N–H and O–H groups in total. The number of methoxy groups -OCH3 is 1. The summed E-state index contributed by atoms with van der Waals surface area (Å²) in [4.78, 5) is 13.8. The van der Waals surface area contributed by atoms with E-state index in [2.05, 4.69) is 0 Å². The van der Waals surface area contributed by atoms with E-state index in [1.165, 1.54) is 18.1 Å². The summed E-state index contributed by atoms with van der Waals surface area (Å²) < 4.78 is 4.95. The molecule has 1 aromatic carbocycles. The van der Waals surface area contributed by atoms with Crippen LogP contribution in [0, 0.1) is 0 Å². The molecule has 1 fully saturated rings. The van der Waals surface area contributed by atoms with Gasteiger partial charge in [0.15, 0.2) is 11.5 Å². The van der Waals surface area contributed by atoms with Crippen molar-refractivity contribution in [1.29, 1.82) is 0 Å². The standard InChI is InChI=1S/C15H21NO4/c1-16(10-15(19)7-3-4-8-15)14(18)11-5-6-13(20-2)12(17)9-11/h5-6,9,17,19H,3-4,7-8,10H2,1-2H3. The van der Waals surface area contributed by atoms with Gasteiger partial charge in [0.2, 0.25) is 0 Å². The smallest absolute Gasteiger partial charge is 0.253 e. The van der Waals surface area contributed by atoms with Crippen LogP contribution in [0.25, 0.3) is 0 Å². The summed E-state index contributed by atoms with van der Waals surface area (Å²) >= 11 is 0. The fourth-order valence-corrected chi connectivity index (χ4v) is 2.75. The number of hydrogen-bond donors (Lipinski definition) is 2. The van der Waals surface area contributed by atoms with Crippen LogP contribution in [0.4, 0.5) is 0 Å². The Kier molecular flexibility index (Phi) is 4.18. The van der Waals surface area contributed by atoms with Crippen LogP contribution in [0.5, 0.6) is 11.5 Å². The van der Waals surface area contributed by atoms with Crippen molar-refractivity contribution in [2.75, 3.05) is 20.7 Å². The van der Waals surface area contributed by atoms with Crippen LogP contribution in [0.2, 0.25) is 0 Å². The van der Waals surface area contributed by atoms with Gasteiger partial charge in [-0.1, -0.05) is 12.8 Å². The van der Waals surface area contributed by atoms with Crippen molar-refractivity contribution in [2.24, 2.45) is 0 Å². The number of aromatic hydroxyl groups is 1. The van der Waals surface area contributed by atoms with E-state index in [0.29, 0.717) is 17.9 Å². The zero-order chi connectivity index (χ0) is 14.8. The highest BCUT2D eigenvalue weighted by Crippen LogP contribution is 2.31. The molecule has 0 spiro atoms. The second-order valence-electron chi connectivity index (χ2n) is 5.48. The molecule has 1 amide bonds. The van der Waals surface area contributed by atoms with Crippen LogP contribution < -0.4 is 4.74 Å². The third-order valence-corrected chi connectivity index (χ3v) is 3.84. The number of ether oxygens (including phenoxy) is 1.